The lowest BCUT2D eigenvalue weighted by molar-refractivity contribution is 0.614. The van der Waals surface area contributed by atoms with Gasteiger partial charge in [0.15, 0.2) is 0 Å². The number of fused-ring (bicyclic) bond motifs is 1. The number of rotatable bonds is 2. The molecule has 1 aromatic heterocycles. The van der Waals surface area contributed by atoms with E-state index < -0.39 is 6.04 Å². The Hall–Kier alpha value is -2.33. The van der Waals surface area contributed by atoms with Crippen LogP contribution >= 0.6 is 0 Å². The molecule has 0 aliphatic heterocycles. The molecular formula is C16H14FN3. The van der Waals surface area contributed by atoms with Crippen LogP contribution in [-0.2, 0) is 0 Å². The van der Waals surface area contributed by atoms with Crippen molar-refractivity contribution >= 4 is 11.0 Å². The van der Waals surface area contributed by atoms with E-state index in [1.54, 1.807) is 19.2 Å². The number of benzene rings is 2. The average molecular weight is 267 g/mol. The first-order valence-electron chi connectivity index (χ1n) is 6.38. The van der Waals surface area contributed by atoms with E-state index in [1.807, 2.05) is 30.3 Å². The maximum absolute atomic E-state index is 13.6. The van der Waals surface area contributed by atoms with Gasteiger partial charge in [0.1, 0.15) is 5.82 Å². The summed E-state index contributed by atoms with van der Waals surface area (Å²) in [4.78, 5) is 8.83. The van der Waals surface area contributed by atoms with Crippen molar-refractivity contribution in [2.45, 2.75) is 13.0 Å². The summed E-state index contributed by atoms with van der Waals surface area (Å²) in [5.74, 6) is -0.258. The SMILES string of the molecule is Cc1ccc(C(N)c2cnc3ccccc3n2)cc1F. The molecule has 1 atom stereocenters. The lowest BCUT2D eigenvalue weighted by atomic mass is 10.0. The minimum absolute atomic E-state index is 0.258. The van der Waals surface area contributed by atoms with Gasteiger partial charge in [-0.15, -0.1) is 0 Å². The number of aromatic nitrogens is 2. The Labute approximate surface area is 116 Å². The third-order valence-corrected chi connectivity index (χ3v) is 3.34. The van der Waals surface area contributed by atoms with Crippen LogP contribution in [0.25, 0.3) is 11.0 Å². The van der Waals surface area contributed by atoms with Gasteiger partial charge in [-0.2, -0.15) is 0 Å². The quantitative estimate of drug-likeness (QED) is 0.776. The second kappa shape index (κ2) is 4.98. The highest BCUT2D eigenvalue weighted by molar-refractivity contribution is 5.73. The molecule has 4 heteroatoms. The van der Waals surface area contributed by atoms with Crippen molar-refractivity contribution < 1.29 is 4.39 Å². The Morgan fingerprint density at radius 2 is 1.85 bits per heavy atom. The van der Waals surface area contributed by atoms with Gasteiger partial charge in [0.25, 0.3) is 0 Å². The second-order valence-corrected chi connectivity index (χ2v) is 4.77. The third kappa shape index (κ3) is 2.26. The molecule has 0 saturated carbocycles. The van der Waals surface area contributed by atoms with Crippen molar-refractivity contribution in [1.82, 2.24) is 9.97 Å². The largest absolute Gasteiger partial charge is 0.319 e. The van der Waals surface area contributed by atoms with Gasteiger partial charge in [0.2, 0.25) is 0 Å². The fourth-order valence-corrected chi connectivity index (χ4v) is 2.09. The summed E-state index contributed by atoms with van der Waals surface area (Å²) in [5, 5.41) is 0. The molecule has 3 aromatic rings. The molecule has 0 bridgehead atoms. The van der Waals surface area contributed by atoms with Crippen molar-refractivity contribution in [2.75, 3.05) is 0 Å². The average Bonchev–Trinajstić information content (AvgIpc) is 2.49. The van der Waals surface area contributed by atoms with Crippen LogP contribution in [0.3, 0.4) is 0 Å². The standard InChI is InChI=1S/C16H14FN3/c1-10-6-7-11(8-12(10)17)16(18)15-9-19-13-4-2-3-5-14(13)20-15/h2-9,16H,18H2,1H3. The van der Waals surface area contributed by atoms with Crippen LogP contribution in [0.2, 0.25) is 0 Å². The molecule has 1 heterocycles. The van der Waals surface area contributed by atoms with Crippen LogP contribution in [0, 0.1) is 12.7 Å². The summed E-state index contributed by atoms with van der Waals surface area (Å²) in [6.07, 6.45) is 1.64. The zero-order valence-corrected chi connectivity index (χ0v) is 11.0. The van der Waals surface area contributed by atoms with Crippen LogP contribution < -0.4 is 5.73 Å². The number of hydrogen-bond donors (Lipinski definition) is 1. The van der Waals surface area contributed by atoms with Gasteiger partial charge >= 0.3 is 0 Å². The van der Waals surface area contributed by atoms with Gasteiger partial charge in [-0.3, -0.25) is 4.98 Å². The van der Waals surface area contributed by atoms with E-state index in [2.05, 4.69) is 9.97 Å². The molecule has 3 rings (SSSR count). The maximum atomic E-state index is 13.6. The Balaban J connectivity index is 2.02. The smallest absolute Gasteiger partial charge is 0.126 e. The van der Waals surface area contributed by atoms with Crippen molar-refractivity contribution in [2.24, 2.45) is 5.73 Å². The first-order chi connectivity index (χ1) is 9.65. The van der Waals surface area contributed by atoms with Gasteiger partial charge < -0.3 is 5.73 Å². The Morgan fingerprint density at radius 1 is 1.10 bits per heavy atom. The molecule has 0 saturated heterocycles. The van der Waals surface area contributed by atoms with E-state index in [0.29, 0.717) is 16.8 Å². The second-order valence-electron chi connectivity index (χ2n) is 4.77. The Bertz CT molecular complexity index is 771. The maximum Gasteiger partial charge on any atom is 0.126 e. The van der Waals surface area contributed by atoms with E-state index in [0.717, 1.165) is 11.0 Å². The van der Waals surface area contributed by atoms with Crippen molar-refractivity contribution in [3.8, 4) is 0 Å². The van der Waals surface area contributed by atoms with Gasteiger partial charge in [0, 0.05) is 0 Å². The predicted molar refractivity (Wildman–Crippen MR) is 76.7 cm³/mol. The lowest BCUT2D eigenvalue weighted by Gasteiger charge is -2.12. The van der Waals surface area contributed by atoms with E-state index in [1.165, 1.54) is 6.07 Å². The van der Waals surface area contributed by atoms with E-state index in [4.69, 9.17) is 5.73 Å². The van der Waals surface area contributed by atoms with Crippen molar-refractivity contribution in [1.29, 1.82) is 0 Å². The molecule has 2 N–H and O–H groups in total. The number of aryl methyl sites for hydroxylation is 1. The monoisotopic (exact) mass is 267 g/mol. The number of nitrogens with two attached hydrogens (primary N) is 1. The molecule has 2 aromatic carbocycles. The number of nitrogens with zero attached hydrogens (tertiary/aromatic N) is 2. The third-order valence-electron chi connectivity index (χ3n) is 3.34. The summed E-state index contributed by atoms with van der Waals surface area (Å²) >= 11 is 0. The van der Waals surface area contributed by atoms with Crippen LogP contribution in [-0.4, -0.2) is 9.97 Å². The summed E-state index contributed by atoms with van der Waals surface area (Å²) in [6.45, 7) is 1.72. The highest BCUT2D eigenvalue weighted by Crippen LogP contribution is 2.21. The van der Waals surface area contributed by atoms with Gasteiger partial charge in [-0.25, -0.2) is 9.37 Å². The van der Waals surface area contributed by atoms with Gasteiger partial charge in [0.05, 0.1) is 29.0 Å². The van der Waals surface area contributed by atoms with Crippen molar-refractivity contribution in [3.63, 3.8) is 0 Å². The van der Waals surface area contributed by atoms with E-state index in [9.17, 15) is 4.39 Å². The summed E-state index contributed by atoms with van der Waals surface area (Å²) in [6, 6.07) is 12.1. The molecule has 0 spiro atoms. The van der Waals surface area contributed by atoms with Gasteiger partial charge in [-0.1, -0.05) is 24.3 Å². The van der Waals surface area contributed by atoms with Crippen LogP contribution in [0.1, 0.15) is 22.9 Å². The molecule has 0 fully saturated rings. The van der Waals surface area contributed by atoms with Crippen LogP contribution in [0.4, 0.5) is 4.39 Å². The molecule has 3 nitrogen and oxygen atoms in total. The Kier molecular flexibility index (Phi) is 3.16. The normalized spacial score (nSPS) is 12.6. The molecule has 0 aliphatic carbocycles. The molecule has 20 heavy (non-hydrogen) atoms. The van der Waals surface area contributed by atoms with E-state index in [-0.39, 0.29) is 5.82 Å². The van der Waals surface area contributed by atoms with Crippen LogP contribution in [0.15, 0.2) is 48.7 Å². The molecule has 1 unspecified atom stereocenters. The zero-order chi connectivity index (χ0) is 14.1. The number of hydrogen-bond acceptors (Lipinski definition) is 3. The Morgan fingerprint density at radius 3 is 2.60 bits per heavy atom. The minimum Gasteiger partial charge on any atom is -0.319 e. The van der Waals surface area contributed by atoms with Crippen LogP contribution in [0.5, 0.6) is 0 Å². The lowest BCUT2D eigenvalue weighted by Crippen LogP contribution is -2.14. The topological polar surface area (TPSA) is 51.8 Å². The molecule has 100 valence electrons. The molecular weight excluding hydrogens is 253 g/mol. The first kappa shape index (κ1) is 12.7. The summed E-state index contributed by atoms with van der Waals surface area (Å²) in [7, 11) is 0. The predicted octanol–water partition coefficient (Wildman–Crippen LogP) is 3.13. The molecule has 0 radical (unpaired) electrons. The zero-order valence-electron chi connectivity index (χ0n) is 11.0. The summed E-state index contributed by atoms with van der Waals surface area (Å²) < 4.78 is 13.6. The molecule has 0 amide bonds. The minimum atomic E-state index is -0.484. The van der Waals surface area contributed by atoms with Gasteiger partial charge in [-0.05, 0) is 36.2 Å². The number of para-hydroxylation sites is 2. The van der Waals surface area contributed by atoms with Crippen molar-refractivity contribution in [3.05, 3.63) is 71.3 Å². The first-order valence-corrected chi connectivity index (χ1v) is 6.38. The van der Waals surface area contributed by atoms with E-state index >= 15 is 0 Å². The fourth-order valence-electron chi connectivity index (χ4n) is 2.09. The molecule has 0 aliphatic rings. The summed E-state index contributed by atoms with van der Waals surface area (Å²) in [5.41, 5.74) is 9.69. The fraction of sp³-hybridized carbons (Fsp3) is 0.125. The highest BCUT2D eigenvalue weighted by atomic mass is 19.1. The number of halogens is 1. The highest BCUT2D eigenvalue weighted by Gasteiger charge is 2.13.